The molecule has 0 fully saturated rings. The summed E-state index contributed by atoms with van der Waals surface area (Å²) in [6.07, 6.45) is 0.882. The molecule has 19 heavy (non-hydrogen) atoms. The van der Waals surface area contributed by atoms with Gasteiger partial charge in [0.2, 0.25) is 0 Å². The van der Waals surface area contributed by atoms with Gasteiger partial charge >= 0.3 is 0 Å². The molecule has 0 aliphatic heterocycles. The van der Waals surface area contributed by atoms with Crippen LogP contribution in [0.3, 0.4) is 0 Å². The highest BCUT2D eigenvalue weighted by Gasteiger charge is 2.18. The number of carbonyl (C=O) groups excluding carboxylic acids is 1. The summed E-state index contributed by atoms with van der Waals surface area (Å²) in [6, 6.07) is 4.31. The van der Waals surface area contributed by atoms with Crippen molar-refractivity contribution in [2.75, 3.05) is 13.1 Å². The summed E-state index contributed by atoms with van der Waals surface area (Å²) in [5, 5.41) is 0. The molecule has 0 aliphatic rings. The van der Waals surface area contributed by atoms with Crippen molar-refractivity contribution in [2.24, 2.45) is 0 Å². The second kappa shape index (κ2) is 6.39. The van der Waals surface area contributed by atoms with Gasteiger partial charge < -0.3 is 4.90 Å². The molecule has 0 N–H and O–H groups in total. The summed E-state index contributed by atoms with van der Waals surface area (Å²) in [5.41, 5.74) is 1.13. The minimum absolute atomic E-state index is 0.0155. The van der Waals surface area contributed by atoms with Gasteiger partial charge in [0.05, 0.1) is 4.90 Å². The van der Waals surface area contributed by atoms with Gasteiger partial charge in [0.25, 0.3) is 15.0 Å². The molecule has 0 aliphatic carbocycles. The molecule has 4 nitrogen and oxygen atoms in total. The van der Waals surface area contributed by atoms with Crippen LogP contribution < -0.4 is 0 Å². The van der Waals surface area contributed by atoms with Crippen molar-refractivity contribution < 1.29 is 13.2 Å². The molecule has 0 heterocycles. The second-order valence-corrected chi connectivity index (χ2v) is 6.87. The minimum atomic E-state index is -3.76. The van der Waals surface area contributed by atoms with Gasteiger partial charge in [0.15, 0.2) is 0 Å². The molecule has 0 unspecified atom stereocenters. The normalized spacial score (nSPS) is 11.4. The Morgan fingerprint density at radius 3 is 2.37 bits per heavy atom. The minimum Gasteiger partial charge on any atom is -0.339 e. The van der Waals surface area contributed by atoms with E-state index in [9.17, 15) is 13.2 Å². The van der Waals surface area contributed by atoms with Gasteiger partial charge in [-0.25, -0.2) is 8.42 Å². The first-order valence-electron chi connectivity index (χ1n) is 6.15. The van der Waals surface area contributed by atoms with E-state index in [2.05, 4.69) is 0 Å². The molecule has 0 radical (unpaired) electrons. The fourth-order valence-electron chi connectivity index (χ4n) is 1.87. The number of nitrogens with zero attached hydrogens (tertiary/aromatic N) is 1. The molecule has 1 aromatic carbocycles. The summed E-state index contributed by atoms with van der Waals surface area (Å²) >= 11 is 0. The van der Waals surface area contributed by atoms with E-state index in [0.29, 0.717) is 24.2 Å². The molecular formula is C13H18ClNO3S. The first-order chi connectivity index (χ1) is 8.81. The molecule has 0 saturated carbocycles. The van der Waals surface area contributed by atoms with Gasteiger partial charge in [-0.1, -0.05) is 6.92 Å². The Kier molecular flexibility index (Phi) is 5.38. The SMILES string of the molecule is CCCN(CC)C(=O)c1ccc(S(=O)(=O)Cl)cc1C. The second-order valence-electron chi connectivity index (χ2n) is 4.30. The van der Waals surface area contributed by atoms with Crippen molar-refractivity contribution in [3.63, 3.8) is 0 Å². The van der Waals surface area contributed by atoms with Crippen LogP contribution in [0.5, 0.6) is 0 Å². The third kappa shape index (κ3) is 3.94. The molecule has 0 aromatic heterocycles. The number of amides is 1. The summed E-state index contributed by atoms with van der Waals surface area (Å²) in [5.74, 6) is -0.0830. The molecular weight excluding hydrogens is 286 g/mol. The first-order valence-corrected chi connectivity index (χ1v) is 8.46. The van der Waals surface area contributed by atoms with E-state index in [1.54, 1.807) is 11.8 Å². The van der Waals surface area contributed by atoms with E-state index < -0.39 is 9.05 Å². The van der Waals surface area contributed by atoms with Crippen molar-refractivity contribution >= 4 is 25.6 Å². The lowest BCUT2D eigenvalue weighted by atomic mass is 10.1. The first kappa shape index (κ1) is 16.0. The monoisotopic (exact) mass is 303 g/mol. The highest BCUT2D eigenvalue weighted by atomic mass is 35.7. The van der Waals surface area contributed by atoms with Crippen molar-refractivity contribution in [2.45, 2.75) is 32.1 Å². The maximum atomic E-state index is 12.3. The Balaban J connectivity index is 3.12. The maximum absolute atomic E-state index is 12.3. The van der Waals surface area contributed by atoms with Gasteiger partial charge in [0, 0.05) is 29.3 Å². The average Bonchev–Trinajstić information content (AvgIpc) is 2.34. The lowest BCUT2D eigenvalue weighted by Crippen LogP contribution is -2.32. The van der Waals surface area contributed by atoms with Crippen LogP contribution in [0, 0.1) is 6.92 Å². The van der Waals surface area contributed by atoms with Crippen molar-refractivity contribution in [3.8, 4) is 0 Å². The number of hydrogen-bond acceptors (Lipinski definition) is 3. The lowest BCUT2D eigenvalue weighted by molar-refractivity contribution is 0.0763. The zero-order valence-corrected chi connectivity index (χ0v) is 12.9. The van der Waals surface area contributed by atoms with Gasteiger partial charge in [-0.15, -0.1) is 0 Å². The highest BCUT2D eigenvalue weighted by Crippen LogP contribution is 2.20. The van der Waals surface area contributed by atoms with Crippen LogP contribution in [0.15, 0.2) is 23.1 Å². The summed E-state index contributed by atoms with van der Waals surface area (Å²) < 4.78 is 22.5. The van der Waals surface area contributed by atoms with Gasteiger partial charge in [-0.2, -0.15) is 0 Å². The molecule has 0 saturated heterocycles. The molecule has 1 aromatic rings. The summed E-state index contributed by atoms with van der Waals surface area (Å²) in [6.45, 7) is 6.94. The van der Waals surface area contributed by atoms with E-state index in [1.165, 1.54) is 18.2 Å². The quantitative estimate of drug-likeness (QED) is 0.786. The molecule has 1 amide bonds. The maximum Gasteiger partial charge on any atom is 0.261 e. The number of hydrogen-bond donors (Lipinski definition) is 0. The molecule has 0 atom stereocenters. The van der Waals surface area contributed by atoms with E-state index in [4.69, 9.17) is 10.7 Å². The van der Waals surface area contributed by atoms with Crippen LogP contribution in [0.25, 0.3) is 0 Å². The van der Waals surface area contributed by atoms with E-state index in [-0.39, 0.29) is 10.8 Å². The fourth-order valence-corrected chi connectivity index (χ4v) is 2.71. The van der Waals surface area contributed by atoms with Crippen LogP contribution in [0.4, 0.5) is 0 Å². The average molecular weight is 304 g/mol. The Morgan fingerprint density at radius 1 is 1.32 bits per heavy atom. The Bertz CT molecular complexity index is 569. The van der Waals surface area contributed by atoms with E-state index >= 15 is 0 Å². The van der Waals surface area contributed by atoms with Crippen LogP contribution >= 0.6 is 10.7 Å². The molecule has 106 valence electrons. The fraction of sp³-hybridized carbons (Fsp3) is 0.462. The molecule has 0 bridgehead atoms. The van der Waals surface area contributed by atoms with Crippen molar-refractivity contribution in [1.82, 2.24) is 4.90 Å². The smallest absolute Gasteiger partial charge is 0.261 e. The van der Waals surface area contributed by atoms with Gasteiger partial charge in [-0.05, 0) is 44.0 Å². The van der Waals surface area contributed by atoms with Crippen LogP contribution in [-0.2, 0) is 9.05 Å². The van der Waals surface area contributed by atoms with E-state index in [1.807, 2.05) is 13.8 Å². The largest absolute Gasteiger partial charge is 0.339 e. The Labute approximate surface area is 118 Å². The van der Waals surface area contributed by atoms with Gasteiger partial charge in [0.1, 0.15) is 0 Å². The zero-order valence-electron chi connectivity index (χ0n) is 11.3. The summed E-state index contributed by atoms with van der Waals surface area (Å²) in [7, 11) is 1.52. The molecule has 0 spiro atoms. The van der Waals surface area contributed by atoms with Crippen molar-refractivity contribution in [3.05, 3.63) is 29.3 Å². The predicted octanol–water partition coefficient (Wildman–Crippen LogP) is 2.79. The van der Waals surface area contributed by atoms with Crippen LogP contribution in [0.2, 0.25) is 0 Å². The van der Waals surface area contributed by atoms with Crippen LogP contribution in [-0.4, -0.2) is 32.3 Å². The topological polar surface area (TPSA) is 54.5 Å². The number of halogens is 1. The standard InChI is InChI=1S/C13H18ClNO3S/c1-4-8-15(5-2)13(16)12-7-6-11(9-10(12)3)19(14,17)18/h6-7,9H,4-5,8H2,1-3H3. The third-order valence-electron chi connectivity index (χ3n) is 2.87. The van der Waals surface area contributed by atoms with Gasteiger partial charge in [-0.3, -0.25) is 4.79 Å². The molecule has 6 heteroatoms. The number of aryl methyl sites for hydroxylation is 1. The summed E-state index contributed by atoms with van der Waals surface area (Å²) in [4.78, 5) is 14.0. The third-order valence-corrected chi connectivity index (χ3v) is 4.22. The number of carbonyl (C=O) groups is 1. The highest BCUT2D eigenvalue weighted by molar-refractivity contribution is 8.13. The predicted molar refractivity (Wildman–Crippen MR) is 76.1 cm³/mol. The van der Waals surface area contributed by atoms with Crippen LogP contribution in [0.1, 0.15) is 36.2 Å². The Morgan fingerprint density at radius 2 is 1.95 bits per heavy atom. The van der Waals surface area contributed by atoms with Crippen molar-refractivity contribution in [1.29, 1.82) is 0 Å². The number of rotatable bonds is 5. The van der Waals surface area contributed by atoms with E-state index in [0.717, 1.165) is 6.42 Å². The Hall–Kier alpha value is -1.07. The zero-order chi connectivity index (χ0) is 14.6. The molecule has 1 rings (SSSR count). The lowest BCUT2D eigenvalue weighted by Gasteiger charge is -2.21. The number of benzene rings is 1.